The first-order valence-corrected chi connectivity index (χ1v) is 13.6. The van der Waals surface area contributed by atoms with Crippen LogP contribution in [0.25, 0.3) is 11.1 Å². The Morgan fingerprint density at radius 3 is 1.74 bits per heavy atom. The first-order valence-electron chi connectivity index (χ1n) is 13.6. The van der Waals surface area contributed by atoms with Crippen molar-refractivity contribution in [1.29, 1.82) is 0 Å². The van der Waals surface area contributed by atoms with Gasteiger partial charge in [-0.25, -0.2) is 0 Å². The second kappa shape index (κ2) is 19.2. The van der Waals surface area contributed by atoms with E-state index < -0.39 is 0 Å². The number of benzene rings is 2. The molecule has 192 valence electrons. The molecule has 0 spiro atoms. The van der Waals surface area contributed by atoms with Gasteiger partial charge in [-0.2, -0.15) is 0 Å². The number of allylic oxidation sites excluding steroid dienone is 2. The fourth-order valence-electron chi connectivity index (χ4n) is 3.35. The van der Waals surface area contributed by atoms with E-state index in [1.165, 1.54) is 53.5 Å². The topological polar surface area (TPSA) is 0 Å². The van der Waals surface area contributed by atoms with Gasteiger partial charge < -0.3 is 0 Å². The highest BCUT2D eigenvalue weighted by molar-refractivity contribution is 5.65. The molecule has 0 aliphatic heterocycles. The summed E-state index contributed by atoms with van der Waals surface area (Å²) >= 11 is 0. The molecule has 1 saturated carbocycles. The van der Waals surface area contributed by atoms with Crippen LogP contribution in [0.3, 0.4) is 0 Å². The maximum Gasteiger partial charge on any atom is 0.0129 e. The minimum Gasteiger partial charge on any atom is -0.102 e. The van der Waals surface area contributed by atoms with Gasteiger partial charge in [-0.05, 0) is 62.1 Å². The third-order valence-corrected chi connectivity index (χ3v) is 6.08. The third-order valence-electron chi connectivity index (χ3n) is 6.08. The number of rotatable bonds is 6. The van der Waals surface area contributed by atoms with Gasteiger partial charge in [-0.3, -0.25) is 0 Å². The van der Waals surface area contributed by atoms with Crippen molar-refractivity contribution in [1.82, 2.24) is 0 Å². The molecule has 0 radical (unpaired) electrons. The van der Waals surface area contributed by atoms with E-state index in [9.17, 15) is 0 Å². The molecular weight excluding hydrogens is 408 g/mol. The second-order valence-electron chi connectivity index (χ2n) is 9.34. The molecule has 0 heterocycles. The zero-order chi connectivity index (χ0) is 26.7. The summed E-state index contributed by atoms with van der Waals surface area (Å²) in [7, 11) is 0. The van der Waals surface area contributed by atoms with Crippen LogP contribution < -0.4 is 0 Å². The van der Waals surface area contributed by atoms with Gasteiger partial charge in [0.05, 0.1) is 0 Å². The Balaban J connectivity index is 0. The van der Waals surface area contributed by atoms with Crippen LogP contribution >= 0.6 is 0 Å². The number of aryl methyl sites for hydroxylation is 1. The van der Waals surface area contributed by atoms with E-state index in [1.807, 2.05) is 41.5 Å². The molecule has 1 fully saturated rings. The molecule has 3 rings (SSSR count). The van der Waals surface area contributed by atoms with E-state index in [0.717, 1.165) is 11.8 Å². The number of hydrogen-bond donors (Lipinski definition) is 0. The Bertz CT molecular complexity index is 785. The largest absolute Gasteiger partial charge is 0.102 e. The van der Waals surface area contributed by atoms with Crippen LogP contribution in [0.15, 0.2) is 73.3 Å². The molecule has 0 nitrogen and oxygen atoms in total. The smallest absolute Gasteiger partial charge is 0.0129 e. The summed E-state index contributed by atoms with van der Waals surface area (Å²) in [6, 6.07) is 17.7. The summed E-state index contributed by atoms with van der Waals surface area (Å²) < 4.78 is 0. The van der Waals surface area contributed by atoms with Crippen LogP contribution in [0.1, 0.15) is 106 Å². The summed E-state index contributed by atoms with van der Waals surface area (Å²) in [5.41, 5.74) is 6.60. The Morgan fingerprint density at radius 1 is 0.941 bits per heavy atom. The van der Waals surface area contributed by atoms with Crippen LogP contribution in [0.2, 0.25) is 0 Å². The molecule has 2 aromatic carbocycles. The predicted molar refractivity (Wildman–Crippen MR) is 160 cm³/mol. The first-order chi connectivity index (χ1) is 16.2. The lowest BCUT2D eigenvalue weighted by molar-refractivity contribution is 0.516. The SMILES string of the molecule is C=C(C)C.C=CC(C)(c1cccc(-c2cccc(C)c2)c1)C1CC1.CC.CC.CCC(C)CC. The lowest BCUT2D eigenvalue weighted by Crippen LogP contribution is -2.21. The molecule has 0 saturated heterocycles. The van der Waals surface area contributed by atoms with E-state index in [1.54, 1.807) is 0 Å². The molecule has 1 unspecified atom stereocenters. The molecule has 1 aliphatic rings. The van der Waals surface area contributed by atoms with E-state index >= 15 is 0 Å². The van der Waals surface area contributed by atoms with Crippen LogP contribution in [-0.4, -0.2) is 0 Å². The van der Waals surface area contributed by atoms with E-state index in [2.05, 4.69) is 102 Å². The third kappa shape index (κ3) is 13.0. The maximum atomic E-state index is 4.09. The van der Waals surface area contributed by atoms with Crippen molar-refractivity contribution in [2.24, 2.45) is 11.8 Å². The predicted octanol–water partition coefficient (Wildman–Crippen LogP) is 11.6. The lowest BCUT2D eigenvalue weighted by atomic mass is 9.77. The van der Waals surface area contributed by atoms with Crippen molar-refractivity contribution in [3.8, 4) is 11.1 Å². The summed E-state index contributed by atoms with van der Waals surface area (Å²) in [6.45, 7) is 30.8. The van der Waals surface area contributed by atoms with Crippen molar-refractivity contribution >= 4 is 0 Å². The highest BCUT2D eigenvalue weighted by atomic mass is 14.4. The highest BCUT2D eigenvalue weighted by Crippen LogP contribution is 2.48. The van der Waals surface area contributed by atoms with E-state index in [0.29, 0.717) is 0 Å². The zero-order valence-corrected chi connectivity index (χ0v) is 24.6. The van der Waals surface area contributed by atoms with Crippen molar-refractivity contribution in [2.75, 3.05) is 0 Å². The Labute approximate surface area is 214 Å². The first kappa shape index (κ1) is 34.1. The fraction of sp³-hybridized carbons (Fsp3) is 0.529. The Morgan fingerprint density at radius 2 is 1.38 bits per heavy atom. The van der Waals surface area contributed by atoms with Gasteiger partial charge in [0.1, 0.15) is 0 Å². The van der Waals surface area contributed by atoms with Gasteiger partial charge in [-0.15, -0.1) is 13.2 Å². The van der Waals surface area contributed by atoms with Crippen LogP contribution in [-0.2, 0) is 5.41 Å². The van der Waals surface area contributed by atoms with E-state index in [4.69, 9.17) is 0 Å². The molecule has 1 atom stereocenters. The minimum absolute atomic E-state index is 0.125. The normalized spacial score (nSPS) is 13.2. The van der Waals surface area contributed by atoms with Gasteiger partial charge in [0, 0.05) is 5.41 Å². The molecule has 2 aromatic rings. The summed E-state index contributed by atoms with van der Waals surface area (Å²) in [4.78, 5) is 0. The fourth-order valence-corrected chi connectivity index (χ4v) is 3.35. The lowest BCUT2D eigenvalue weighted by Gasteiger charge is -2.27. The maximum absolute atomic E-state index is 4.09. The van der Waals surface area contributed by atoms with Crippen LogP contribution in [0.4, 0.5) is 0 Å². The Hall–Kier alpha value is -2.08. The standard InChI is InChI=1S/C20H22.C6H14.C4H8.2C2H6/c1-4-20(3,18-11-12-18)19-10-6-9-17(14-19)16-8-5-7-15(2)13-16;1-4-6(3)5-2;1-4(2)3;2*1-2/h4-10,13-14,18H,1,11-12H2,2-3H3;6H,4-5H2,1-3H3;1H2,2-3H3;2*1-2H3. The van der Waals surface area contributed by atoms with Crippen molar-refractivity contribution in [3.05, 3.63) is 84.5 Å². The Kier molecular flexibility index (Phi) is 19.3. The quantitative estimate of drug-likeness (QED) is 0.373. The molecule has 1 aliphatic carbocycles. The monoisotopic (exact) mass is 464 g/mol. The molecule has 0 amide bonds. The van der Waals surface area contributed by atoms with Gasteiger partial charge in [0.15, 0.2) is 0 Å². The van der Waals surface area contributed by atoms with Crippen LogP contribution in [0.5, 0.6) is 0 Å². The average molecular weight is 465 g/mol. The minimum atomic E-state index is 0.125. The summed E-state index contributed by atoms with van der Waals surface area (Å²) in [5.74, 6) is 1.71. The van der Waals surface area contributed by atoms with Gasteiger partial charge in [0.25, 0.3) is 0 Å². The van der Waals surface area contributed by atoms with Crippen LogP contribution in [0, 0.1) is 18.8 Å². The summed E-state index contributed by atoms with van der Waals surface area (Å²) in [5, 5.41) is 0. The van der Waals surface area contributed by atoms with Crippen molar-refractivity contribution < 1.29 is 0 Å². The molecule has 0 heteroatoms. The average Bonchev–Trinajstić information content (AvgIpc) is 3.72. The molecule has 0 N–H and O–H groups in total. The zero-order valence-electron chi connectivity index (χ0n) is 24.6. The molecule has 0 aromatic heterocycles. The second-order valence-corrected chi connectivity index (χ2v) is 9.34. The highest BCUT2D eigenvalue weighted by Gasteiger charge is 2.40. The van der Waals surface area contributed by atoms with Gasteiger partial charge >= 0.3 is 0 Å². The number of hydrogen-bond acceptors (Lipinski definition) is 0. The molecule has 0 bridgehead atoms. The molecule has 34 heavy (non-hydrogen) atoms. The summed E-state index contributed by atoms with van der Waals surface area (Å²) in [6.07, 6.45) is 7.46. The molecular formula is C34H56. The van der Waals surface area contributed by atoms with Gasteiger partial charge in [0.2, 0.25) is 0 Å². The van der Waals surface area contributed by atoms with Gasteiger partial charge in [-0.1, -0.05) is 134 Å². The van der Waals surface area contributed by atoms with Crippen molar-refractivity contribution in [3.63, 3.8) is 0 Å². The van der Waals surface area contributed by atoms with E-state index in [-0.39, 0.29) is 5.41 Å². The van der Waals surface area contributed by atoms with Crippen molar-refractivity contribution in [2.45, 2.75) is 107 Å².